The van der Waals surface area contributed by atoms with Crippen molar-refractivity contribution in [2.24, 2.45) is 0 Å². The van der Waals surface area contributed by atoms with Crippen LogP contribution >= 0.6 is 0 Å². The Balaban J connectivity index is 3.81. The molecule has 0 aromatic rings. The fourth-order valence-corrected chi connectivity index (χ4v) is 1.52. The largest absolute Gasteiger partial charge is 0.438 e. The number of hydrogen-bond acceptors (Lipinski definition) is 3. The average molecular weight is 215 g/mol. The zero-order chi connectivity index (χ0) is 11.8. The Labute approximate surface area is 95.4 Å². The van der Waals surface area contributed by atoms with Crippen LogP contribution in [0, 0.1) is 0 Å². The van der Waals surface area contributed by atoms with Gasteiger partial charge in [0.15, 0.2) is 0 Å². The highest BCUT2D eigenvalue weighted by Gasteiger charge is 2.18. The molecular weight excluding hydrogens is 189 g/mol. The van der Waals surface area contributed by atoms with Crippen molar-refractivity contribution in [2.45, 2.75) is 59.8 Å². The van der Waals surface area contributed by atoms with Crippen molar-refractivity contribution >= 4 is 7.69 Å². The van der Waals surface area contributed by atoms with E-state index in [1.54, 1.807) is 0 Å². The van der Waals surface area contributed by atoms with Crippen molar-refractivity contribution in [3.63, 3.8) is 0 Å². The van der Waals surface area contributed by atoms with Crippen LogP contribution in [0.3, 0.4) is 0 Å². The summed E-state index contributed by atoms with van der Waals surface area (Å²) in [6.45, 7) is 14.8. The van der Waals surface area contributed by atoms with Crippen molar-refractivity contribution in [2.75, 3.05) is 13.1 Å². The summed E-state index contributed by atoms with van der Waals surface area (Å²) in [5.41, 5.74) is 0. The molecule has 0 saturated heterocycles. The van der Waals surface area contributed by atoms with E-state index in [2.05, 4.69) is 32.6 Å². The first kappa shape index (κ1) is 14.9. The molecule has 0 N–H and O–H groups in total. The molecule has 0 saturated carbocycles. The third-order valence-corrected chi connectivity index (χ3v) is 2.80. The van der Waals surface area contributed by atoms with Crippen LogP contribution in [0.5, 0.6) is 0 Å². The molecule has 0 fully saturated rings. The van der Waals surface area contributed by atoms with Crippen LogP contribution in [0.1, 0.15) is 41.5 Å². The fraction of sp³-hybridized carbons (Fsp3) is 1.00. The van der Waals surface area contributed by atoms with Crippen LogP contribution in [0.4, 0.5) is 0 Å². The topological polar surface area (TPSA) is 21.7 Å². The van der Waals surface area contributed by atoms with Crippen molar-refractivity contribution in [1.29, 1.82) is 0 Å². The second kappa shape index (κ2) is 8.14. The molecule has 0 aliphatic heterocycles. The molecular formula is C11H26BNO2. The van der Waals surface area contributed by atoms with Gasteiger partial charge in [0.2, 0.25) is 0 Å². The van der Waals surface area contributed by atoms with Gasteiger partial charge in [0.05, 0.1) is 6.10 Å². The molecule has 0 aromatic heterocycles. The quantitative estimate of drug-likeness (QED) is 0.576. The van der Waals surface area contributed by atoms with Crippen molar-refractivity contribution in [3.05, 3.63) is 0 Å². The number of rotatable bonds is 8. The van der Waals surface area contributed by atoms with E-state index in [-0.39, 0.29) is 12.2 Å². The molecule has 0 amide bonds. The number of nitrogens with zero attached hydrogens (tertiary/aromatic N) is 1. The average Bonchev–Trinajstić information content (AvgIpc) is 2.18. The first-order valence-corrected chi connectivity index (χ1v) is 6.00. The number of likely N-dealkylation sites (N-methyl/N-ethyl adjacent to an activating group) is 1. The smallest absolute Gasteiger partial charge is 0.412 e. The van der Waals surface area contributed by atoms with Gasteiger partial charge in [-0.2, -0.15) is 0 Å². The van der Waals surface area contributed by atoms with Crippen LogP contribution in [-0.2, 0) is 9.31 Å². The minimum Gasteiger partial charge on any atom is -0.412 e. The van der Waals surface area contributed by atoms with Gasteiger partial charge in [-0.15, -0.1) is 0 Å². The van der Waals surface area contributed by atoms with Gasteiger partial charge >= 0.3 is 7.69 Å². The first-order valence-electron chi connectivity index (χ1n) is 6.00. The van der Waals surface area contributed by atoms with Crippen LogP contribution < -0.4 is 0 Å². The van der Waals surface area contributed by atoms with Crippen molar-refractivity contribution < 1.29 is 9.31 Å². The lowest BCUT2D eigenvalue weighted by Crippen LogP contribution is -2.42. The Morgan fingerprint density at radius 3 is 1.93 bits per heavy atom. The van der Waals surface area contributed by atoms with E-state index in [4.69, 9.17) is 9.31 Å². The maximum atomic E-state index is 5.64. The SMILES string of the molecule is CCN(CC)C(C)C(C)OBOC(C)C. The summed E-state index contributed by atoms with van der Waals surface area (Å²) >= 11 is 0. The lowest BCUT2D eigenvalue weighted by molar-refractivity contribution is 0.0710. The summed E-state index contributed by atoms with van der Waals surface area (Å²) in [6, 6.07) is 0.441. The molecule has 0 bridgehead atoms. The number of hydrogen-bond donors (Lipinski definition) is 0. The minimum atomic E-state index is 0.212. The van der Waals surface area contributed by atoms with E-state index in [0.29, 0.717) is 13.7 Å². The molecule has 0 aliphatic carbocycles. The second-order valence-corrected chi connectivity index (χ2v) is 4.17. The van der Waals surface area contributed by atoms with E-state index in [0.717, 1.165) is 13.1 Å². The maximum Gasteiger partial charge on any atom is 0.438 e. The summed E-state index contributed by atoms with van der Waals surface area (Å²) in [5.74, 6) is 0. The summed E-state index contributed by atoms with van der Waals surface area (Å²) in [4.78, 5) is 2.39. The van der Waals surface area contributed by atoms with E-state index in [9.17, 15) is 0 Å². The molecule has 90 valence electrons. The molecule has 0 aliphatic rings. The summed E-state index contributed by atoms with van der Waals surface area (Å²) in [7, 11) is 0.393. The van der Waals surface area contributed by atoms with Gasteiger partial charge in [-0.25, -0.2) is 0 Å². The lowest BCUT2D eigenvalue weighted by Gasteiger charge is -2.31. The minimum absolute atomic E-state index is 0.212. The highest BCUT2D eigenvalue weighted by atomic mass is 16.6. The van der Waals surface area contributed by atoms with E-state index < -0.39 is 0 Å². The molecule has 0 heterocycles. The van der Waals surface area contributed by atoms with Gasteiger partial charge in [0.25, 0.3) is 0 Å². The molecule has 0 aromatic carbocycles. The fourth-order valence-electron chi connectivity index (χ4n) is 1.52. The highest BCUT2D eigenvalue weighted by Crippen LogP contribution is 2.06. The van der Waals surface area contributed by atoms with Gasteiger partial charge in [-0.3, -0.25) is 4.90 Å². The van der Waals surface area contributed by atoms with E-state index >= 15 is 0 Å². The van der Waals surface area contributed by atoms with Crippen LogP contribution in [0.25, 0.3) is 0 Å². The Bertz CT molecular complexity index is 152. The predicted octanol–water partition coefficient (Wildman–Crippen LogP) is 1.81. The van der Waals surface area contributed by atoms with Gasteiger partial charge in [-0.05, 0) is 40.8 Å². The van der Waals surface area contributed by atoms with Crippen LogP contribution in [0.15, 0.2) is 0 Å². The van der Waals surface area contributed by atoms with Gasteiger partial charge in [-0.1, -0.05) is 13.8 Å². The van der Waals surface area contributed by atoms with Crippen LogP contribution in [0.2, 0.25) is 0 Å². The Morgan fingerprint density at radius 2 is 1.53 bits per heavy atom. The molecule has 15 heavy (non-hydrogen) atoms. The summed E-state index contributed by atoms with van der Waals surface area (Å²) < 4.78 is 11.0. The molecule has 3 nitrogen and oxygen atoms in total. The third kappa shape index (κ3) is 6.18. The second-order valence-electron chi connectivity index (χ2n) is 4.17. The monoisotopic (exact) mass is 215 g/mol. The van der Waals surface area contributed by atoms with Crippen LogP contribution in [-0.4, -0.2) is 43.9 Å². The highest BCUT2D eigenvalue weighted by molar-refractivity contribution is 6.18. The maximum absolute atomic E-state index is 5.64. The Kier molecular flexibility index (Phi) is 8.11. The lowest BCUT2D eigenvalue weighted by atomic mass is 10.1. The van der Waals surface area contributed by atoms with E-state index in [1.165, 1.54) is 0 Å². The Hall–Kier alpha value is -0.0551. The first-order chi connectivity index (χ1) is 7.02. The zero-order valence-corrected chi connectivity index (χ0v) is 11.1. The normalized spacial score (nSPS) is 15.7. The Morgan fingerprint density at radius 1 is 1.00 bits per heavy atom. The van der Waals surface area contributed by atoms with E-state index in [1.807, 2.05) is 13.8 Å². The molecule has 0 spiro atoms. The van der Waals surface area contributed by atoms with Gasteiger partial charge < -0.3 is 9.31 Å². The molecule has 2 unspecified atom stereocenters. The van der Waals surface area contributed by atoms with Crippen molar-refractivity contribution in [1.82, 2.24) is 4.90 Å². The zero-order valence-electron chi connectivity index (χ0n) is 11.1. The summed E-state index contributed by atoms with van der Waals surface area (Å²) in [5, 5.41) is 0. The standard InChI is InChI=1S/C11H26BNO2/c1-7-13(8-2)10(5)11(6)15-12-14-9(3)4/h9-12H,7-8H2,1-6H3. The molecule has 4 heteroatoms. The van der Waals surface area contributed by atoms with Gasteiger partial charge in [0.1, 0.15) is 0 Å². The van der Waals surface area contributed by atoms with Gasteiger partial charge in [0, 0.05) is 12.1 Å². The molecule has 0 rings (SSSR count). The molecule has 2 atom stereocenters. The van der Waals surface area contributed by atoms with Crippen molar-refractivity contribution in [3.8, 4) is 0 Å². The predicted molar refractivity (Wildman–Crippen MR) is 66.3 cm³/mol. The summed E-state index contributed by atoms with van der Waals surface area (Å²) in [6.07, 6.45) is 0.449. The third-order valence-electron chi connectivity index (χ3n) is 2.80. The molecule has 0 radical (unpaired) electrons.